The van der Waals surface area contributed by atoms with E-state index in [-0.39, 0.29) is 24.2 Å². The summed E-state index contributed by atoms with van der Waals surface area (Å²) < 4.78 is 19.2. The van der Waals surface area contributed by atoms with Crippen molar-refractivity contribution in [2.75, 3.05) is 13.2 Å². The Morgan fingerprint density at radius 1 is 1.32 bits per heavy atom. The number of carbonyl (C=O) groups is 1. The second-order valence-electron chi connectivity index (χ2n) is 9.52. The van der Waals surface area contributed by atoms with E-state index in [1.807, 2.05) is 6.92 Å². The lowest BCUT2D eigenvalue weighted by Gasteiger charge is -2.26. The molecule has 0 spiro atoms. The van der Waals surface area contributed by atoms with Crippen LogP contribution < -0.4 is 10.6 Å². The molecular formula is C22H32N7O8P. The Labute approximate surface area is 219 Å². The number of hydrogen-bond acceptors (Lipinski definition) is 12. The lowest BCUT2D eigenvalue weighted by atomic mass is 10.1. The first kappa shape index (κ1) is 28.4. The third-order valence-electron chi connectivity index (χ3n) is 6.06. The average molecular weight is 554 g/mol. The number of aliphatic hydroxyl groups excluding tert-OH is 2. The molecule has 4 rings (SSSR count). The maximum Gasteiger partial charge on any atom is 0.341 e. The van der Waals surface area contributed by atoms with Crippen molar-refractivity contribution in [2.24, 2.45) is 0 Å². The van der Waals surface area contributed by atoms with Gasteiger partial charge in [0.05, 0.1) is 24.4 Å². The number of hydrogen-bond donors (Lipinski definition) is 4. The van der Waals surface area contributed by atoms with Crippen LogP contribution in [0, 0.1) is 11.3 Å². The van der Waals surface area contributed by atoms with Crippen LogP contribution in [0.25, 0.3) is 11.0 Å². The Kier molecular flexibility index (Phi) is 9.04. The van der Waals surface area contributed by atoms with Crippen molar-refractivity contribution in [3.05, 3.63) is 16.0 Å². The van der Waals surface area contributed by atoms with Crippen molar-refractivity contribution in [3.63, 3.8) is 0 Å². The van der Waals surface area contributed by atoms with Gasteiger partial charge in [-0.15, -0.1) is 5.10 Å². The molecule has 0 amide bonds. The van der Waals surface area contributed by atoms with Gasteiger partial charge in [-0.1, -0.05) is 18.6 Å². The van der Waals surface area contributed by atoms with E-state index in [0.29, 0.717) is 17.6 Å². The lowest BCUT2D eigenvalue weighted by molar-refractivity contribution is -0.148. The van der Waals surface area contributed by atoms with Crippen LogP contribution in [0.1, 0.15) is 58.0 Å². The molecule has 6 unspecified atom stereocenters. The molecule has 1 saturated heterocycles. The predicted octanol–water partition coefficient (Wildman–Crippen LogP) is 0.172. The van der Waals surface area contributed by atoms with Gasteiger partial charge < -0.3 is 29.3 Å². The molecule has 16 heteroatoms. The van der Waals surface area contributed by atoms with Crippen molar-refractivity contribution < 1.29 is 34.1 Å². The highest BCUT2D eigenvalue weighted by Gasteiger charge is 2.46. The second-order valence-corrected chi connectivity index (χ2v) is 11.2. The van der Waals surface area contributed by atoms with Gasteiger partial charge in [0.25, 0.3) is 5.56 Å². The second kappa shape index (κ2) is 12.1. The highest BCUT2D eigenvalue weighted by atomic mass is 31.2. The van der Waals surface area contributed by atoms with Crippen LogP contribution in [-0.4, -0.2) is 89.5 Å². The lowest BCUT2D eigenvalue weighted by Crippen LogP contribution is -2.38. The van der Waals surface area contributed by atoms with Gasteiger partial charge in [0.15, 0.2) is 11.7 Å². The van der Waals surface area contributed by atoms with E-state index in [4.69, 9.17) is 19.3 Å². The minimum absolute atomic E-state index is 0.0974. The zero-order valence-electron chi connectivity index (χ0n) is 21.3. The maximum absolute atomic E-state index is 13.5. The van der Waals surface area contributed by atoms with E-state index in [1.165, 1.54) is 0 Å². The van der Waals surface area contributed by atoms with Crippen LogP contribution in [0.2, 0.25) is 0 Å². The van der Waals surface area contributed by atoms with Crippen LogP contribution in [0.5, 0.6) is 0 Å². The van der Waals surface area contributed by atoms with Crippen molar-refractivity contribution in [1.82, 2.24) is 29.9 Å². The summed E-state index contributed by atoms with van der Waals surface area (Å²) in [6.07, 6.45) is -2.41. The number of rotatable bonds is 13. The number of carboxylic acid groups (broad SMARTS) is 1. The first-order valence-corrected chi connectivity index (χ1v) is 13.8. The number of ether oxygens (including phenoxy) is 2. The topological polar surface area (TPSA) is 207 Å². The molecule has 2 aromatic rings. The third-order valence-corrected chi connectivity index (χ3v) is 8.04. The Morgan fingerprint density at radius 2 is 2.05 bits per heavy atom. The summed E-state index contributed by atoms with van der Waals surface area (Å²) in [4.78, 5) is 25.4. The van der Waals surface area contributed by atoms with E-state index in [1.54, 1.807) is 24.6 Å². The summed E-state index contributed by atoms with van der Waals surface area (Å²) in [5.41, 5.74) is 0.783. The van der Waals surface area contributed by atoms with Crippen molar-refractivity contribution in [2.45, 2.75) is 88.9 Å². The SMILES string of the molecule is CCCc1nn(C2CC2)c2c(=O)n(C3OC(COC(C(=O)O)P(NC(C)C)OCC#N)C(O)C3O)nnc12. The molecule has 1 aliphatic heterocycles. The minimum atomic E-state index is -1.92. The van der Waals surface area contributed by atoms with E-state index < -0.39 is 56.8 Å². The number of nitriles is 1. The molecule has 208 valence electrons. The standard InChI is InChI=1S/C22H32N7O8P/c1-4-5-13-15-16(28(25-13)12-6-7-12)19(32)29(27-24-15)20-18(31)17(30)14(37-20)10-35-22(21(33)34)38(26-11(2)3)36-9-8-23/h11-12,14,17-18,20,22,26,30-31H,4-7,9-10H2,1-3H3,(H,33,34). The number of aromatic nitrogens is 5. The van der Waals surface area contributed by atoms with Crippen molar-refractivity contribution in [1.29, 1.82) is 5.26 Å². The number of fused-ring (bicyclic) bond motifs is 1. The van der Waals surface area contributed by atoms with Gasteiger partial charge in [0.1, 0.15) is 38.7 Å². The molecule has 2 fully saturated rings. The summed E-state index contributed by atoms with van der Waals surface area (Å²) in [5, 5.41) is 55.6. The maximum atomic E-state index is 13.5. The summed E-state index contributed by atoms with van der Waals surface area (Å²) in [6, 6.07) is 1.73. The zero-order valence-corrected chi connectivity index (χ0v) is 22.2. The quantitative estimate of drug-likeness (QED) is 0.244. The van der Waals surface area contributed by atoms with Crippen LogP contribution in [0.3, 0.4) is 0 Å². The molecule has 0 bridgehead atoms. The first-order chi connectivity index (χ1) is 18.2. The molecule has 3 heterocycles. The number of aliphatic hydroxyl groups is 2. The van der Waals surface area contributed by atoms with Gasteiger partial charge in [0, 0.05) is 6.04 Å². The minimum Gasteiger partial charge on any atom is -0.479 e. The molecule has 38 heavy (non-hydrogen) atoms. The fourth-order valence-corrected chi connectivity index (χ4v) is 5.67. The van der Waals surface area contributed by atoms with Gasteiger partial charge in [-0.3, -0.25) is 14.6 Å². The summed E-state index contributed by atoms with van der Waals surface area (Å²) >= 11 is 0. The molecule has 0 aromatic carbocycles. The Balaban J connectivity index is 1.54. The van der Waals surface area contributed by atoms with Gasteiger partial charge in [-0.2, -0.15) is 15.0 Å². The molecule has 2 aromatic heterocycles. The highest BCUT2D eigenvalue weighted by molar-refractivity contribution is 7.52. The average Bonchev–Trinajstić information content (AvgIpc) is 3.60. The van der Waals surface area contributed by atoms with Crippen LogP contribution >= 0.6 is 8.30 Å². The van der Waals surface area contributed by atoms with E-state index in [0.717, 1.165) is 23.9 Å². The van der Waals surface area contributed by atoms with Crippen molar-refractivity contribution in [3.8, 4) is 6.07 Å². The molecule has 15 nitrogen and oxygen atoms in total. The Morgan fingerprint density at radius 3 is 2.66 bits per heavy atom. The highest BCUT2D eigenvalue weighted by Crippen LogP contribution is 2.41. The monoisotopic (exact) mass is 553 g/mol. The molecule has 2 aliphatic rings. The van der Waals surface area contributed by atoms with Gasteiger partial charge in [-0.05, 0) is 33.1 Å². The van der Waals surface area contributed by atoms with Crippen molar-refractivity contribution >= 4 is 25.3 Å². The molecule has 1 saturated carbocycles. The molecular weight excluding hydrogens is 521 g/mol. The van der Waals surface area contributed by atoms with Crippen LogP contribution in [-0.2, 0) is 25.2 Å². The van der Waals surface area contributed by atoms with E-state index in [9.17, 15) is 24.9 Å². The third kappa shape index (κ3) is 5.86. The number of nitrogens with one attached hydrogen (secondary N) is 1. The predicted molar refractivity (Wildman–Crippen MR) is 132 cm³/mol. The number of nitrogens with zero attached hydrogens (tertiary/aromatic N) is 6. The largest absolute Gasteiger partial charge is 0.479 e. The molecule has 4 N–H and O–H groups in total. The number of aliphatic carboxylic acids is 1. The molecule has 0 radical (unpaired) electrons. The summed E-state index contributed by atoms with van der Waals surface area (Å²) in [7, 11) is -1.92. The normalized spacial score (nSPS) is 25.1. The van der Waals surface area contributed by atoms with Gasteiger partial charge in [-0.25, -0.2) is 4.79 Å². The number of carboxylic acids is 1. The fourth-order valence-electron chi connectivity index (χ4n) is 4.19. The van der Waals surface area contributed by atoms with E-state index >= 15 is 0 Å². The van der Waals surface area contributed by atoms with Crippen LogP contribution in [0.15, 0.2) is 4.79 Å². The van der Waals surface area contributed by atoms with Gasteiger partial charge in [0.2, 0.25) is 5.85 Å². The summed E-state index contributed by atoms with van der Waals surface area (Å²) in [6.45, 7) is 4.78. The Hall–Kier alpha value is -2.57. The first-order valence-electron chi connectivity index (χ1n) is 12.5. The van der Waals surface area contributed by atoms with E-state index in [2.05, 4.69) is 20.5 Å². The fraction of sp³-hybridized carbons (Fsp3) is 0.727. The Bertz CT molecular complexity index is 1240. The van der Waals surface area contributed by atoms with Gasteiger partial charge >= 0.3 is 5.97 Å². The zero-order chi connectivity index (χ0) is 27.6. The van der Waals surface area contributed by atoms with Crippen LogP contribution in [0.4, 0.5) is 0 Å². The number of aryl methyl sites for hydroxylation is 1. The molecule has 6 atom stereocenters. The summed E-state index contributed by atoms with van der Waals surface area (Å²) in [5.74, 6) is -2.83. The molecule has 1 aliphatic carbocycles. The smallest absolute Gasteiger partial charge is 0.341 e.